The normalized spacial score (nSPS) is 10.7. The summed E-state index contributed by atoms with van der Waals surface area (Å²) in [4.78, 5) is 11.8. The Morgan fingerprint density at radius 1 is 1.18 bits per heavy atom. The summed E-state index contributed by atoms with van der Waals surface area (Å²) in [6.07, 6.45) is 2.20. The average Bonchev–Trinajstić information content (AvgIpc) is 2.90. The molecule has 0 bridgehead atoms. The van der Waals surface area contributed by atoms with Gasteiger partial charge in [-0.3, -0.25) is 4.79 Å². The smallest absolute Gasteiger partial charge is 0.162 e. The van der Waals surface area contributed by atoms with Crippen LogP contribution in [0.25, 0.3) is 0 Å². The van der Waals surface area contributed by atoms with Gasteiger partial charge < -0.3 is 9.26 Å². The molecule has 0 amide bonds. The fraction of sp³-hybridized carbons (Fsp3) is 0.444. The van der Waals surface area contributed by atoms with Gasteiger partial charge in [0.1, 0.15) is 11.5 Å². The van der Waals surface area contributed by atoms with E-state index in [4.69, 9.17) is 9.26 Å². The first-order valence-electron chi connectivity index (χ1n) is 7.70. The molecule has 0 saturated carbocycles. The largest absolute Gasteiger partial charge is 0.493 e. The molecule has 0 spiro atoms. The number of hydrogen-bond donors (Lipinski definition) is 0. The number of ketones is 1. The third-order valence-electron chi connectivity index (χ3n) is 3.59. The van der Waals surface area contributed by atoms with E-state index in [-0.39, 0.29) is 5.78 Å². The van der Waals surface area contributed by atoms with E-state index < -0.39 is 0 Å². The molecule has 118 valence electrons. The molecule has 4 nitrogen and oxygen atoms in total. The van der Waals surface area contributed by atoms with Crippen LogP contribution in [0.1, 0.15) is 52.7 Å². The fourth-order valence-corrected chi connectivity index (χ4v) is 2.50. The van der Waals surface area contributed by atoms with Gasteiger partial charge in [-0.05, 0) is 50.5 Å². The number of nitrogens with zero attached hydrogens (tertiary/aromatic N) is 1. The van der Waals surface area contributed by atoms with Crippen LogP contribution < -0.4 is 4.74 Å². The summed E-state index contributed by atoms with van der Waals surface area (Å²) in [5, 5.41) is 3.87. The van der Waals surface area contributed by atoms with E-state index in [2.05, 4.69) is 5.16 Å². The number of rotatable bonds is 7. The van der Waals surface area contributed by atoms with E-state index in [1.54, 1.807) is 0 Å². The highest BCUT2D eigenvalue weighted by atomic mass is 16.5. The maximum absolute atomic E-state index is 11.8. The Labute approximate surface area is 131 Å². The lowest BCUT2D eigenvalue weighted by Crippen LogP contribution is -2.04. The number of carbonyl (C=O) groups excluding carboxylic acids is 1. The Kier molecular flexibility index (Phi) is 5.36. The average molecular weight is 301 g/mol. The molecule has 0 aliphatic carbocycles. The van der Waals surface area contributed by atoms with Gasteiger partial charge in [0, 0.05) is 24.5 Å². The molecular weight excluding hydrogens is 278 g/mol. The predicted octanol–water partition coefficient (Wildman–Crippen LogP) is 4.20. The van der Waals surface area contributed by atoms with Gasteiger partial charge in [0.2, 0.25) is 0 Å². The van der Waals surface area contributed by atoms with Crippen molar-refractivity contribution in [1.82, 2.24) is 5.16 Å². The summed E-state index contributed by atoms with van der Waals surface area (Å²) in [7, 11) is 0. The van der Waals surface area contributed by atoms with Crippen molar-refractivity contribution in [2.24, 2.45) is 0 Å². The van der Waals surface area contributed by atoms with Crippen LogP contribution in [0.2, 0.25) is 0 Å². The molecule has 1 heterocycles. The second kappa shape index (κ2) is 7.25. The Morgan fingerprint density at radius 2 is 1.86 bits per heavy atom. The Hall–Kier alpha value is -2.10. The first-order valence-corrected chi connectivity index (χ1v) is 7.70. The second-order valence-corrected chi connectivity index (χ2v) is 5.60. The fourth-order valence-electron chi connectivity index (χ4n) is 2.50. The molecule has 1 aromatic carbocycles. The zero-order chi connectivity index (χ0) is 16.1. The monoisotopic (exact) mass is 301 g/mol. The maximum atomic E-state index is 11.8. The van der Waals surface area contributed by atoms with Crippen molar-refractivity contribution in [2.45, 2.75) is 47.0 Å². The molecule has 0 fully saturated rings. The molecule has 0 aliphatic rings. The van der Waals surface area contributed by atoms with Gasteiger partial charge in [0.15, 0.2) is 5.78 Å². The SMILES string of the molecule is CCC(=O)c1cc(C)c(OCCCc2cc(C)no2)c(C)c1. The summed E-state index contributed by atoms with van der Waals surface area (Å²) in [5.41, 5.74) is 3.68. The molecule has 22 heavy (non-hydrogen) atoms. The van der Waals surface area contributed by atoms with Crippen molar-refractivity contribution in [3.63, 3.8) is 0 Å². The number of hydrogen-bond acceptors (Lipinski definition) is 4. The zero-order valence-electron chi connectivity index (χ0n) is 13.7. The minimum Gasteiger partial charge on any atom is -0.493 e. The molecule has 4 heteroatoms. The van der Waals surface area contributed by atoms with Gasteiger partial charge in [-0.2, -0.15) is 0 Å². The van der Waals surface area contributed by atoms with E-state index >= 15 is 0 Å². The summed E-state index contributed by atoms with van der Waals surface area (Å²) in [6.45, 7) is 8.36. The van der Waals surface area contributed by atoms with Gasteiger partial charge in [0.05, 0.1) is 12.3 Å². The molecule has 0 saturated heterocycles. The quantitative estimate of drug-likeness (QED) is 0.568. The highest BCUT2D eigenvalue weighted by Gasteiger charge is 2.10. The lowest BCUT2D eigenvalue weighted by atomic mass is 10.0. The molecule has 0 aliphatic heterocycles. The van der Waals surface area contributed by atoms with Crippen LogP contribution >= 0.6 is 0 Å². The summed E-state index contributed by atoms with van der Waals surface area (Å²) in [5.74, 6) is 1.93. The molecule has 2 rings (SSSR count). The van der Waals surface area contributed by atoms with E-state index in [0.717, 1.165) is 46.7 Å². The molecule has 2 aromatic rings. The number of benzene rings is 1. The lowest BCUT2D eigenvalue weighted by Gasteiger charge is -2.13. The topological polar surface area (TPSA) is 52.3 Å². The summed E-state index contributed by atoms with van der Waals surface area (Å²) in [6, 6.07) is 5.77. The van der Waals surface area contributed by atoms with Gasteiger partial charge in [-0.25, -0.2) is 0 Å². The Balaban J connectivity index is 1.93. The molecular formula is C18H23NO3. The number of aryl methyl sites for hydroxylation is 4. The van der Waals surface area contributed by atoms with Crippen LogP contribution in [-0.2, 0) is 6.42 Å². The van der Waals surface area contributed by atoms with Crippen molar-refractivity contribution in [3.8, 4) is 5.75 Å². The van der Waals surface area contributed by atoms with Crippen molar-refractivity contribution in [1.29, 1.82) is 0 Å². The zero-order valence-corrected chi connectivity index (χ0v) is 13.7. The van der Waals surface area contributed by atoms with Crippen molar-refractivity contribution >= 4 is 5.78 Å². The predicted molar refractivity (Wildman–Crippen MR) is 85.6 cm³/mol. The van der Waals surface area contributed by atoms with E-state index in [1.807, 2.05) is 45.9 Å². The summed E-state index contributed by atoms with van der Waals surface area (Å²) < 4.78 is 11.1. The highest BCUT2D eigenvalue weighted by Crippen LogP contribution is 2.25. The van der Waals surface area contributed by atoms with E-state index in [1.165, 1.54) is 0 Å². The first kappa shape index (κ1) is 16.3. The molecule has 0 radical (unpaired) electrons. The van der Waals surface area contributed by atoms with Crippen LogP contribution in [0, 0.1) is 20.8 Å². The van der Waals surface area contributed by atoms with Gasteiger partial charge in [0.25, 0.3) is 0 Å². The standard InChI is InChI=1S/C18H23NO3/c1-5-17(20)15-9-12(2)18(13(3)10-15)21-8-6-7-16-11-14(4)19-22-16/h9-11H,5-8H2,1-4H3. The van der Waals surface area contributed by atoms with Gasteiger partial charge in [-0.1, -0.05) is 12.1 Å². The van der Waals surface area contributed by atoms with E-state index in [9.17, 15) is 4.79 Å². The van der Waals surface area contributed by atoms with Crippen molar-refractivity contribution in [3.05, 3.63) is 46.3 Å². The Morgan fingerprint density at radius 3 is 2.41 bits per heavy atom. The minimum absolute atomic E-state index is 0.165. The van der Waals surface area contributed by atoms with Crippen LogP contribution in [0.15, 0.2) is 22.7 Å². The Bertz CT molecular complexity index is 635. The van der Waals surface area contributed by atoms with Crippen LogP contribution in [0.5, 0.6) is 5.75 Å². The third-order valence-corrected chi connectivity index (χ3v) is 3.59. The molecule has 1 aromatic heterocycles. The first-order chi connectivity index (χ1) is 10.5. The number of Topliss-reactive ketones (excluding diaryl/α,β-unsaturated/α-hetero) is 1. The van der Waals surface area contributed by atoms with Crippen molar-refractivity contribution < 1.29 is 14.1 Å². The number of aromatic nitrogens is 1. The van der Waals surface area contributed by atoms with Gasteiger partial charge >= 0.3 is 0 Å². The number of carbonyl (C=O) groups is 1. The molecule has 0 N–H and O–H groups in total. The van der Waals surface area contributed by atoms with Gasteiger partial charge in [-0.15, -0.1) is 0 Å². The summed E-state index contributed by atoms with van der Waals surface area (Å²) >= 11 is 0. The van der Waals surface area contributed by atoms with Crippen LogP contribution in [0.4, 0.5) is 0 Å². The number of ether oxygens (including phenoxy) is 1. The van der Waals surface area contributed by atoms with Crippen LogP contribution in [-0.4, -0.2) is 17.5 Å². The lowest BCUT2D eigenvalue weighted by molar-refractivity contribution is 0.0988. The minimum atomic E-state index is 0.165. The molecule has 0 atom stereocenters. The van der Waals surface area contributed by atoms with Crippen LogP contribution in [0.3, 0.4) is 0 Å². The second-order valence-electron chi connectivity index (χ2n) is 5.60. The third kappa shape index (κ3) is 3.97. The van der Waals surface area contributed by atoms with E-state index in [0.29, 0.717) is 13.0 Å². The maximum Gasteiger partial charge on any atom is 0.162 e. The highest BCUT2D eigenvalue weighted by molar-refractivity contribution is 5.96. The van der Waals surface area contributed by atoms with Crippen molar-refractivity contribution in [2.75, 3.05) is 6.61 Å². The molecule has 0 unspecified atom stereocenters.